The summed E-state index contributed by atoms with van der Waals surface area (Å²) in [6, 6.07) is 3.06. The van der Waals surface area contributed by atoms with Gasteiger partial charge in [-0.1, -0.05) is 13.8 Å². The summed E-state index contributed by atoms with van der Waals surface area (Å²) in [5.41, 5.74) is 2.16. The van der Waals surface area contributed by atoms with Crippen molar-refractivity contribution in [2.24, 2.45) is 0 Å². The minimum atomic E-state index is 0.474. The Morgan fingerprint density at radius 2 is 2.05 bits per heavy atom. The van der Waals surface area contributed by atoms with E-state index >= 15 is 0 Å². The van der Waals surface area contributed by atoms with Crippen molar-refractivity contribution in [2.75, 3.05) is 33.7 Å². The largest absolute Gasteiger partial charge is 0.309 e. The molecule has 1 atom stereocenters. The maximum atomic E-state index is 4.74. The van der Waals surface area contributed by atoms with Crippen LogP contribution in [0.2, 0.25) is 0 Å². The van der Waals surface area contributed by atoms with Crippen LogP contribution in [0.4, 0.5) is 0 Å². The van der Waals surface area contributed by atoms with Crippen LogP contribution >= 0.6 is 0 Å². The minimum absolute atomic E-state index is 0.474. The molecule has 0 saturated carbocycles. The molecule has 1 N–H and O–H groups in total. The number of likely N-dealkylation sites (N-methyl/N-ethyl adjacent to an activating group) is 2. The first-order valence-electron chi connectivity index (χ1n) is 7.89. The highest BCUT2D eigenvalue weighted by Gasteiger charge is 2.23. The smallest absolute Gasteiger partial charge is 0.130 e. The van der Waals surface area contributed by atoms with Crippen molar-refractivity contribution < 1.29 is 0 Å². The van der Waals surface area contributed by atoms with Crippen LogP contribution in [0.15, 0.2) is 6.07 Å². The van der Waals surface area contributed by atoms with Crippen molar-refractivity contribution in [3.05, 3.63) is 23.3 Å². The number of nitrogens with one attached hydrogen (secondary N) is 1. The van der Waals surface area contributed by atoms with E-state index in [1.165, 1.54) is 0 Å². The van der Waals surface area contributed by atoms with Gasteiger partial charge in [-0.2, -0.15) is 0 Å². The summed E-state index contributed by atoms with van der Waals surface area (Å²) >= 11 is 0. The molecule has 1 aliphatic rings. The fourth-order valence-corrected chi connectivity index (χ4v) is 2.72. The average Bonchev–Trinajstić information content (AvgIpc) is 2.40. The summed E-state index contributed by atoms with van der Waals surface area (Å²) in [5.74, 6) is 0.975. The average molecular weight is 291 g/mol. The molecule has 2 rings (SSSR count). The van der Waals surface area contributed by atoms with Gasteiger partial charge < -0.3 is 15.1 Å². The molecule has 0 radical (unpaired) electrons. The lowest BCUT2D eigenvalue weighted by atomic mass is 10.1. The van der Waals surface area contributed by atoms with E-state index in [0.717, 1.165) is 49.8 Å². The molecule has 1 aromatic heterocycles. The molecule has 1 aliphatic heterocycles. The van der Waals surface area contributed by atoms with E-state index in [-0.39, 0.29) is 0 Å². The quantitative estimate of drug-likeness (QED) is 0.879. The Labute approximate surface area is 128 Å². The van der Waals surface area contributed by atoms with Crippen LogP contribution in [0.1, 0.15) is 31.1 Å². The van der Waals surface area contributed by atoms with Crippen molar-refractivity contribution in [3.63, 3.8) is 0 Å². The van der Waals surface area contributed by atoms with Gasteiger partial charge in [0.15, 0.2) is 0 Å². The molecule has 1 unspecified atom stereocenters. The lowest BCUT2D eigenvalue weighted by Gasteiger charge is -2.37. The molecule has 0 spiro atoms. The summed E-state index contributed by atoms with van der Waals surface area (Å²) in [6.07, 6.45) is 0.928. The van der Waals surface area contributed by atoms with Crippen LogP contribution in [-0.2, 0) is 13.0 Å². The standard InChI is InChI=1S/C16H29N5/c1-12(2)17-10-14-8-13(3)18-16(19-14)9-15-11-20(4)6-7-21(15)5/h8,12,15,17H,6-7,9-11H2,1-5H3. The highest BCUT2D eigenvalue weighted by molar-refractivity contribution is 5.11. The molecule has 1 saturated heterocycles. The highest BCUT2D eigenvalue weighted by atomic mass is 15.3. The number of rotatable bonds is 5. The predicted octanol–water partition coefficient (Wildman–Crippen LogP) is 1.07. The fraction of sp³-hybridized carbons (Fsp3) is 0.750. The summed E-state index contributed by atoms with van der Waals surface area (Å²) in [7, 11) is 4.39. The Balaban J connectivity index is 2.05. The zero-order chi connectivity index (χ0) is 15.4. The van der Waals surface area contributed by atoms with Crippen molar-refractivity contribution >= 4 is 0 Å². The van der Waals surface area contributed by atoms with Gasteiger partial charge in [-0.15, -0.1) is 0 Å². The Morgan fingerprint density at radius 1 is 1.29 bits per heavy atom. The van der Waals surface area contributed by atoms with Gasteiger partial charge in [0.25, 0.3) is 0 Å². The third-order valence-corrected chi connectivity index (χ3v) is 4.04. The van der Waals surface area contributed by atoms with Crippen LogP contribution < -0.4 is 5.32 Å². The van der Waals surface area contributed by atoms with Crippen LogP contribution in [0, 0.1) is 6.92 Å². The molecule has 2 heterocycles. The van der Waals surface area contributed by atoms with E-state index < -0.39 is 0 Å². The van der Waals surface area contributed by atoms with Crippen LogP contribution in [0.3, 0.4) is 0 Å². The number of hydrogen-bond acceptors (Lipinski definition) is 5. The molecule has 1 fully saturated rings. The summed E-state index contributed by atoms with van der Waals surface area (Å²) in [4.78, 5) is 14.2. The van der Waals surface area contributed by atoms with E-state index in [0.29, 0.717) is 12.1 Å². The summed E-state index contributed by atoms with van der Waals surface area (Å²) in [6.45, 7) is 10.5. The topological polar surface area (TPSA) is 44.3 Å². The van der Waals surface area contributed by atoms with Crippen molar-refractivity contribution in [1.29, 1.82) is 0 Å². The molecule has 0 aromatic carbocycles. The Bertz CT molecular complexity index is 460. The first kappa shape index (κ1) is 16.3. The van der Waals surface area contributed by atoms with E-state index in [1.54, 1.807) is 0 Å². The van der Waals surface area contributed by atoms with Crippen molar-refractivity contribution in [3.8, 4) is 0 Å². The number of hydrogen-bond donors (Lipinski definition) is 1. The molecule has 5 heteroatoms. The Hall–Kier alpha value is -1.04. The number of aromatic nitrogens is 2. The van der Waals surface area contributed by atoms with Crippen LogP contribution in [-0.4, -0.2) is 65.6 Å². The summed E-state index contributed by atoms with van der Waals surface area (Å²) < 4.78 is 0. The summed E-state index contributed by atoms with van der Waals surface area (Å²) in [5, 5.41) is 3.43. The first-order chi connectivity index (χ1) is 9.94. The molecule has 1 aromatic rings. The van der Waals surface area contributed by atoms with Gasteiger partial charge in [-0.25, -0.2) is 9.97 Å². The van der Waals surface area contributed by atoms with E-state index in [2.05, 4.69) is 61.0 Å². The predicted molar refractivity (Wildman–Crippen MR) is 86.4 cm³/mol. The second kappa shape index (κ2) is 7.29. The Kier molecular flexibility index (Phi) is 5.67. The maximum absolute atomic E-state index is 4.74. The second-order valence-corrected chi connectivity index (χ2v) is 6.55. The molecule has 0 bridgehead atoms. The number of nitrogens with zero attached hydrogens (tertiary/aromatic N) is 4. The monoisotopic (exact) mass is 291 g/mol. The van der Waals surface area contributed by atoms with Gasteiger partial charge in [-0.3, -0.25) is 0 Å². The van der Waals surface area contributed by atoms with Gasteiger partial charge >= 0.3 is 0 Å². The highest BCUT2D eigenvalue weighted by Crippen LogP contribution is 2.11. The lowest BCUT2D eigenvalue weighted by molar-refractivity contribution is 0.113. The van der Waals surface area contributed by atoms with Gasteiger partial charge in [0, 0.05) is 50.4 Å². The number of aryl methyl sites for hydroxylation is 1. The second-order valence-electron chi connectivity index (χ2n) is 6.55. The zero-order valence-electron chi connectivity index (χ0n) is 14.1. The van der Waals surface area contributed by atoms with Crippen molar-refractivity contribution in [2.45, 2.75) is 45.8 Å². The minimum Gasteiger partial charge on any atom is -0.309 e. The molecular formula is C16H29N5. The van der Waals surface area contributed by atoms with Gasteiger partial charge in [0.2, 0.25) is 0 Å². The van der Waals surface area contributed by atoms with Gasteiger partial charge in [0.05, 0.1) is 5.69 Å². The first-order valence-corrected chi connectivity index (χ1v) is 7.89. The Morgan fingerprint density at radius 3 is 2.76 bits per heavy atom. The van der Waals surface area contributed by atoms with Crippen LogP contribution in [0.25, 0.3) is 0 Å². The maximum Gasteiger partial charge on any atom is 0.130 e. The van der Waals surface area contributed by atoms with E-state index in [1.807, 2.05) is 0 Å². The van der Waals surface area contributed by atoms with E-state index in [9.17, 15) is 0 Å². The lowest BCUT2D eigenvalue weighted by Crippen LogP contribution is -2.51. The van der Waals surface area contributed by atoms with Crippen molar-refractivity contribution in [1.82, 2.24) is 25.1 Å². The normalized spacial score (nSPS) is 21.1. The van der Waals surface area contributed by atoms with E-state index in [4.69, 9.17) is 4.98 Å². The van der Waals surface area contributed by atoms with Gasteiger partial charge in [-0.05, 0) is 27.1 Å². The zero-order valence-corrected chi connectivity index (χ0v) is 14.1. The third-order valence-electron chi connectivity index (χ3n) is 4.04. The molecule has 5 nitrogen and oxygen atoms in total. The molecule has 0 amide bonds. The van der Waals surface area contributed by atoms with Gasteiger partial charge in [0.1, 0.15) is 5.82 Å². The SMILES string of the molecule is Cc1cc(CNC(C)C)nc(CC2CN(C)CCN2C)n1. The van der Waals surface area contributed by atoms with Crippen LogP contribution in [0.5, 0.6) is 0 Å². The molecule has 21 heavy (non-hydrogen) atoms. The molecule has 118 valence electrons. The molecule has 0 aliphatic carbocycles. The third kappa shape index (κ3) is 5.02. The number of piperazine rings is 1. The molecular weight excluding hydrogens is 262 g/mol. The fourth-order valence-electron chi connectivity index (χ4n) is 2.72.